The van der Waals surface area contributed by atoms with E-state index in [1.165, 1.54) is 11.1 Å². The zero-order valence-electron chi connectivity index (χ0n) is 14.8. The topological polar surface area (TPSA) is 43.2 Å². The van der Waals surface area contributed by atoms with Crippen molar-refractivity contribution < 1.29 is 4.74 Å². The Morgan fingerprint density at radius 1 is 1.04 bits per heavy atom. The van der Waals surface area contributed by atoms with E-state index in [4.69, 9.17) is 4.74 Å². The molecular formula is C21H24N4O. The molecule has 2 aromatic carbocycles. The lowest BCUT2D eigenvalue weighted by molar-refractivity contribution is -0.0520. The van der Waals surface area contributed by atoms with Gasteiger partial charge in [-0.3, -0.25) is 9.58 Å². The molecule has 0 N–H and O–H groups in total. The van der Waals surface area contributed by atoms with Gasteiger partial charge in [0.05, 0.1) is 19.3 Å². The van der Waals surface area contributed by atoms with Gasteiger partial charge in [0.25, 0.3) is 0 Å². The average molecular weight is 348 g/mol. The van der Waals surface area contributed by atoms with Gasteiger partial charge < -0.3 is 4.74 Å². The van der Waals surface area contributed by atoms with Gasteiger partial charge in [-0.2, -0.15) is 5.10 Å². The van der Waals surface area contributed by atoms with Crippen LogP contribution >= 0.6 is 0 Å². The van der Waals surface area contributed by atoms with Crippen molar-refractivity contribution in [3.8, 4) is 0 Å². The third kappa shape index (κ3) is 4.18. The van der Waals surface area contributed by atoms with Gasteiger partial charge in [-0.05, 0) is 17.5 Å². The Bertz CT molecular complexity index is 776. The Balaban J connectivity index is 1.52. The highest BCUT2D eigenvalue weighted by atomic mass is 16.5. The summed E-state index contributed by atoms with van der Waals surface area (Å²) in [4.78, 5) is 6.58. The second-order valence-corrected chi connectivity index (χ2v) is 6.72. The number of morpholine rings is 1. The molecule has 5 heteroatoms. The summed E-state index contributed by atoms with van der Waals surface area (Å²) in [6.45, 7) is 3.33. The Kier molecular flexibility index (Phi) is 5.38. The van der Waals surface area contributed by atoms with Crippen LogP contribution in [0.2, 0.25) is 0 Å². The van der Waals surface area contributed by atoms with E-state index in [1.807, 2.05) is 4.68 Å². The number of rotatable bonds is 6. The van der Waals surface area contributed by atoms with Crippen molar-refractivity contribution in [2.45, 2.75) is 25.1 Å². The van der Waals surface area contributed by atoms with Crippen LogP contribution < -0.4 is 0 Å². The van der Waals surface area contributed by atoms with Gasteiger partial charge in [-0.25, -0.2) is 4.98 Å². The van der Waals surface area contributed by atoms with Gasteiger partial charge in [-0.1, -0.05) is 60.7 Å². The smallest absolute Gasteiger partial charge is 0.137 e. The normalized spacial score (nSPS) is 19.3. The minimum Gasteiger partial charge on any atom is -0.374 e. The van der Waals surface area contributed by atoms with Crippen LogP contribution in [0.25, 0.3) is 0 Å². The molecule has 0 spiro atoms. The Labute approximate surface area is 154 Å². The Morgan fingerprint density at radius 3 is 2.54 bits per heavy atom. The van der Waals surface area contributed by atoms with Gasteiger partial charge in [0, 0.05) is 19.1 Å². The van der Waals surface area contributed by atoms with Crippen LogP contribution in [0.15, 0.2) is 73.3 Å². The van der Waals surface area contributed by atoms with Gasteiger partial charge in [0.1, 0.15) is 12.7 Å². The van der Waals surface area contributed by atoms with Crippen LogP contribution in [0.1, 0.15) is 17.2 Å². The summed E-state index contributed by atoms with van der Waals surface area (Å²) >= 11 is 0. The van der Waals surface area contributed by atoms with E-state index in [0.29, 0.717) is 6.04 Å². The molecule has 0 saturated carbocycles. The van der Waals surface area contributed by atoms with E-state index in [0.717, 1.165) is 32.7 Å². The molecule has 1 aliphatic rings. The van der Waals surface area contributed by atoms with Crippen LogP contribution in [-0.4, -0.2) is 45.5 Å². The van der Waals surface area contributed by atoms with E-state index in [2.05, 4.69) is 75.6 Å². The first-order valence-electron chi connectivity index (χ1n) is 9.15. The van der Waals surface area contributed by atoms with Gasteiger partial charge in [0.15, 0.2) is 0 Å². The van der Waals surface area contributed by atoms with Crippen LogP contribution in [0.3, 0.4) is 0 Å². The first kappa shape index (κ1) is 16.9. The molecule has 4 rings (SSSR count). The first-order valence-corrected chi connectivity index (χ1v) is 9.15. The minimum absolute atomic E-state index is 0.132. The van der Waals surface area contributed by atoms with Crippen molar-refractivity contribution in [3.63, 3.8) is 0 Å². The van der Waals surface area contributed by atoms with Crippen molar-refractivity contribution in [3.05, 3.63) is 84.4 Å². The van der Waals surface area contributed by atoms with Crippen molar-refractivity contribution in [1.29, 1.82) is 0 Å². The molecule has 0 aliphatic carbocycles. The van der Waals surface area contributed by atoms with Gasteiger partial charge >= 0.3 is 0 Å². The third-order valence-corrected chi connectivity index (χ3v) is 4.92. The minimum atomic E-state index is 0.132. The first-order chi connectivity index (χ1) is 12.9. The number of hydrogen-bond donors (Lipinski definition) is 0. The van der Waals surface area contributed by atoms with E-state index < -0.39 is 0 Å². The molecule has 0 radical (unpaired) electrons. The standard InChI is InChI=1S/C21H24N4O/c1-3-7-18(8-4-1)13-21(19-9-5-2-6-10-19)24-11-12-26-20(14-24)15-25-17-22-16-23-25/h1-10,16-17,20-21H,11-15H2/t20-,21+/m0/s1. The Hall–Kier alpha value is -2.50. The molecule has 1 fully saturated rings. The zero-order valence-corrected chi connectivity index (χ0v) is 14.8. The van der Waals surface area contributed by atoms with Crippen molar-refractivity contribution >= 4 is 0 Å². The highest BCUT2D eigenvalue weighted by Crippen LogP contribution is 2.27. The largest absolute Gasteiger partial charge is 0.374 e. The zero-order chi connectivity index (χ0) is 17.6. The molecule has 1 aliphatic heterocycles. The lowest BCUT2D eigenvalue weighted by Crippen LogP contribution is -2.46. The predicted molar refractivity (Wildman–Crippen MR) is 101 cm³/mol. The van der Waals surface area contributed by atoms with Crippen LogP contribution in [0.4, 0.5) is 0 Å². The fourth-order valence-electron chi connectivity index (χ4n) is 3.64. The fraction of sp³-hybridized carbons (Fsp3) is 0.333. The molecule has 0 amide bonds. The highest BCUT2D eigenvalue weighted by molar-refractivity contribution is 5.24. The Morgan fingerprint density at radius 2 is 1.81 bits per heavy atom. The fourth-order valence-corrected chi connectivity index (χ4v) is 3.64. The van der Waals surface area contributed by atoms with Crippen molar-refractivity contribution in [1.82, 2.24) is 19.7 Å². The summed E-state index contributed by atoms with van der Waals surface area (Å²) < 4.78 is 7.84. The molecular weight excluding hydrogens is 324 g/mol. The van der Waals surface area contributed by atoms with Gasteiger partial charge in [-0.15, -0.1) is 0 Å². The lowest BCUT2D eigenvalue weighted by atomic mass is 9.96. The molecule has 2 atom stereocenters. The second kappa shape index (κ2) is 8.25. The lowest BCUT2D eigenvalue weighted by Gasteiger charge is -2.38. The van der Waals surface area contributed by atoms with E-state index in [-0.39, 0.29) is 6.10 Å². The third-order valence-electron chi connectivity index (χ3n) is 4.92. The summed E-state index contributed by atoms with van der Waals surface area (Å²) in [5.41, 5.74) is 2.72. The number of benzene rings is 2. The molecule has 1 aromatic heterocycles. The summed E-state index contributed by atoms with van der Waals surface area (Å²) in [7, 11) is 0. The summed E-state index contributed by atoms with van der Waals surface area (Å²) in [5, 5.41) is 4.21. The second-order valence-electron chi connectivity index (χ2n) is 6.72. The summed E-state index contributed by atoms with van der Waals surface area (Å²) in [6.07, 6.45) is 4.46. The van der Waals surface area contributed by atoms with E-state index in [9.17, 15) is 0 Å². The molecule has 26 heavy (non-hydrogen) atoms. The number of aromatic nitrogens is 3. The van der Waals surface area contributed by atoms with Crippen LogP contribution in [0, 0.1) is 0 Å². The van der Waals surface area contributed by atoms with Crippen molar-refractivity contribution in [2.24, 2.45) is 0 Å². The van der Waals surface area contributed by atoms with E-state index >= 15 is 0 Å². The maximum absolute atomic E-state index is 5.99. The SMILES string of the molecule is c1ccc(C[C@H](c2ccccc2)N2CCO[C@H](Cn3cncn3)C2)cc1. The number of ether oxygens (including phenoxy) is 1. The summed E-state index contributed by atoms with van der Waals surface area (Å²) in [5.74, 6) is 0. The van der Waals surface area contributed by atoms with E-state index in [1.54, 1.807) is 12.7 Å². The van der Waals surface area contributed by atoms with Crippen molar-refractivity contribution in [2.75, 3.05) is 19.7 Å². The maximum Gasteiger partial charge on any atom is 0.137 e. The van der Waals surface area contributed by atoms with Crippen LogP contribution in [-0.2, 0) is 17.7 Å². The molecule has 5 nitrogen and oxygen atoms in total. The molecule has 3 aromatic rings. The number of hydrogen-bond acceptors (Lipinski definition) is 4. The summed E-state index contributed by atoms with van der Waals surface area (Å²) in [6, 6.07) is 21.9. The number of nitrogens with zero attached hydrogens (tertiary/aromatic N) is 4. The van der Waals surface area contributed by atoms with Crippen LogP contribution in [0.5, 0.6) is 0 Å². The van der Waals surface area contributed by atoms with Gasteiger partial charge in [0.2, 0.25) is 0 Å². The highest BCUT2D eigenvalue weighted by Gasteiger charge is 2.28. The predicted octanol–water partition coefficient (Wildman–Crippen LogP) is 2.96. The molecule has 1 saturated heterocycles. The molecule has 2 heterocycles. The molecule has 0 bridgehead atoms. The molecule has 134 valence electrons. The quantitative estimate of drug-likeness (QED) is 0.687. The maximum atomic E-state index is 5.99. The average Bonchev–Trinajstić information content (AvgIpc) is 3.21. The molecule has 0 unspecified atom stereocenters. The monoisotopic (exact) mass is 348 g/mol.